The van der Waals surface area contributed by atoms with E-state index in [1.807, 2.05) is 51.1 Å². The molecule has 29 heavy (non-hydrogen) atoms. The van der Waals surface area contributed by atoms with E-state index in [-0.39, 0.29) is 5.95 Å². The molecule has 3 heterocycles. The van der Waals surface area contributed by atoms with Crippen molar-refractivity contribution < 1.29 is 4.42 Å². The van der Waals surface area contributed by atoms with Crippen molar-refractivity contribution in [3.8, 4) is 5.95 Å². The minimum atomic E-state index is 0.278. The van der Waals surface area contributed by atoms with Crippen molar-refractivity contribution >= 4 is 23.8 Å². The summed E-state index contributed by atoms with van der Waals surface area (Å²) in [6.07, 6.45) is 3.12. The fourth-order valence-corrected chi connectivity index (χ4v) is 2.68. The Balaban J connectivity index is 1.66. The van der Waals surface area contributed by atoms with E-state index in [1.54, 1.807) is 29.3 Å². The number of aryl methyl sites for hydroxylation is 3. The van der Waals surface area contributed by atoms with E-state index in [9.17, 15) is 0 Å². The molecule has 0 atom stereocenters. The van der Waals surface area contributed by atoms with Crippen molar-refractivity contribution in [3.63, 3.8) is 0 Å². The van der Waals surface area contributed by atoms with Crippen LogP contribution < -0.4 is 10.7 Å². The van der Waals surface area contributed by atoms with Gasteiger partial charge in [-0.1, -0.05) is 17.7 Å². The van der Waals surface area contributed by atoms with E-state index in [4.69, 9.17) is 4.42 Å². The molecule has 0 aliphatic carbocycles. The minimum Gasteiger partial charge on any atom is -0.463 e. The van der Waals surface area contributed by atoms with Gasteiger partial charge in [0.05, 0.1) is 18.2 Å². The number of hydrogen-bond acceptors (Lipinski definition) is 8. The van der Waals surface area contributed by atoms with Crippen LogP contribution in [0.4, 0.5) is 17.6 Å². The Morgan fingerprint density at radius 1 is 1.00 bits per heavy atom. The molecule has 4 rings (SSSR count). The molecule has 9 heteroatoms. The van der Waals surface area contributed by atoms with E-state index in [0.29, 0.717) is 17.7 Å². The molecule has 0 spiro atoms. The summed E-state index contributed by atoms with van der Waals surface area (Å²) in [7, 11) is 0. The molecule has 3 aromatic heterocycles. The largest absolute Gasteiger partial charge is 0.463 e. The van der Waals surface area contributed by atoms with Crippen LogP contribution in [0.25, 0.3) is 5.95 Å². The first kappa shape index (κ1) is 18.4. The Morgan fingerprint density at radius 3 is 2.48 bits per heavy atom. The summed E-state index contributed by atoms with van der Waals surface area (Å²) in [6, 6.07) is 13.5. The van der Waals surface area contributed by atoms with Crippen LogP contribution in [0.1, 0.15) is 22.7 Å². The number of hydrogen-bond donors (Lipinski definition) is 2. The maximum Gasteiger partial charge on any atom is 0.257 e. The predicted octanol–water partition coefficient (Wildman–Crippen LogP) is 3.77. The zero-order valence-corrected chi connectivity index (χ0v) is 16.3. The average molecular weight is 388 g/mol. The summed E-state index contributed by atoms with van der Waals surface area (Å²) < 4.78 is 6.89. The summed E-state index contributed by atoms with van der Waals surface area (Å²) in [5, 5.41) is 11.8. The fraction of sp³-hybridized carbons (Fsp3) is 0.150. The van der Waals surface area contributed by atoms with Crippen LogP contribution in [0.2, 0.25) is 0 Å². The van der Waals surface area contributed by atoms with Gasteiger partial charge in [-0.25, -0.2) is 10.1 Å². The summed E-state index contributed by atoms with van der Waals surface area (Å²) >= 11 is 0. The number of hydrazone groups is 1. The molecule has 9 nitrogen and oxygen atoms in total. The monoisotopic (exact) mass is 388 g/mol. The number of nitrogens with one attached hydrogen (secondary N) is 2. The summed E-state index contributed by atoms with van der Waals surface area (Å²) in [6.45, 7) is 5.90. The molecule has 0 radical (unpaired) electrons. The van der Waals surface area contributed by atoms with E-state index in [1.165, 1.54) is 5.56 Å². The maximum atomic E-state index is 5.23. The standard InChI is InChI=1S/C20H20N8O/c1-13-6-8-16(9-7-13)22-18-23-19(26-21-12-17-5-4-10-29-17)25-20(24-18)28-15(3)11-14(2)27-28/h4-12H,1-3H3,(H2,22,23,24,25,26). The highest BCUT2D eigenvalue weighted by Crippen LogP contribution is 2.17. The molecule has 4 aromatic rings. The first-order valence-electron chi connectivity index (χ1n) is 9.03. The van der Waals surface area contributed by atoms with Crippen molar-refractivity contribution in [1.29, 1.82) is 0 Å². The smallest absolute Gasteiger partial charge is 0.257 e. The second-order valence-corrected chi connectivity index (χ2v) is 6.50. The van der Waals surface area contributed by atoms with Crippen LogP contribution in [0.3, 0.4) is 0 Å². The minimum absolute atomic E-state index is 0.278. The summed E-state index contributed by atoms with van der Waals surface area (Å²) in [5.74, 6) is 1.65. The number of furan rings is 1. The molecule has 2 N–H and O–H groups in total. The molecule has 0 aliphatic heterocycles. The van der Waals surface area contributed by atoms with Crippen LogP contribution in [0.5, 0.6) is 0 Å². The summed E-state index contributed by atoms with van der Waals surface area (Å²) in [5.41, 5.74) is 6.65. The molecule has 0 fully saturated rings. The molecular weight excluding hydrogens is 368 g/mol. The van der Waals surface area contributed by atoms with Gasteiger partial charge < -0.3 is 9.73 Å². The molecule has 0 saturated heterocycles. The highest BCUT2D eigenvalue weighted by Gasteiger charge is 2.12. The normalized spacial score (nSPS) is 11.1. The number of anilines is 3. The number of aromatic nitrogens is 5. The second-order valence-electron chi connectivity index (χ2n) is 6.50. The van der Waals surface area contributed by atoms with Gasteiger partial charge in [-0.05, 0) is 51.1 Å². The number of benzene rings is 1. The van der Waals surface area contributed by atoms with Crippen LogP contribution in [-0.2, 0) is 0 Å². The Bertz CT molecular complexity index is 1130. The summed E-state index contributed by atoms with van der Waals surface area (Å²) in [4.78, 5) is 13.3. The molecule has 0 aliphatic rings. The number of nitrogens with zero attached hydrogens (tertiary/aromatic N) is 6. The molecule has 0 saturated carbocycles. The van der Waals surface area contributed by atoms with Crippen LogP contribution >= 0.6 is 0 Å². The van der Waals surface area contributed by atoms with E-state index in [2.05, 4.69) is 35.9 Å². The van der Waals surface area contributed by atoms with Crippen molar-refractivity contribution in [2.75, 3.05) is 10.7 Å². The predicted molar refractivity (Wildman–Crippen MR) is 111 cm³/mol. The van der Waals surface area contributed by atoms with Crippen LogP contribution in [0, 0.1) is 20.8 Å². The lowest BCUT2D eigenvalue weighted by Gasteiger charge is -2.09. The first-order valence-corrected chi connectivity index (χ1v) is 9.03. The van der Waals surface area contributed by atoms with E-state index in [0.717, 1.165) is 17.1 Å². The zero-order chi connectivity index (χ0) is 20.2. The van der Waals surface area contributed by atoms with Gasteiger partial charge in [0.1, 0.15) is 5.76 Å². The van der Waals surface area contributed by atoms with E-state index >= 15 is 0 Å². The van der Waals surface area contributed by atoms with Crippen molar-refractivity contribution in [2.45, 2.75) is 20.8 Å². The lowest BCUT2D eigenvalue weighted by Crippen LogP contribution is -2.11. The molecule has 1 aromatic carbocycles. The van der Waals surface area contributed by atoms with Gasteiger partial charge in [0.15, 0.2) is 0 Å². The first-order chi connectivity index (χ1) is 14.1. The highest BCUT2D eigenvalue weighted by molar-refractivity contribution is 5.76. The number of rotatable bonds is 6. The highest BCUT2D eigenvalue weighted by atomic mass is 16.3. The third-order valence-corrected chi connectivity index (χ3v) is 4.03. The second kappa shape index (κ2) is 7.93. The van der Waals surface area contributed by atoms with Crippen LogP contribution in [-0.4, -0.2) is 30.9 Å². The van der Waals surface area contributed by atoms with Crippen molar-refractivity contribution in [1.82, 2.24) is 24.7 Å². The lowest BCUT2D eigenvalue weighted by atomic mass is 10.2. The van der Waals surface area contributed by atoms with Crippen molar-refractivity contribution in [3.05, 3.63) is 71.4 Å². The van der Waals surface area contributed by atoms with Gasteiger partial charge in [-0.15, -0.1) is 0 Å². The quantitative estimate of drug-likeness (QED) is 0.382. The van der Waals surface area contributed by atoms with Gasteiger partial charge in [-0.2, -0.15) is 25.2 Å². The zero-order valence-electron chi connectivity index (χ0n) is 16.3. The molecular formula is C20H20N8O. The Kier molecular flexibility index (Phi) is 5.02. The van der Waals surface area contributed by atoms with E-state index < -0.39 is 0 Å². The Hall–Kier alpha value is -4.01. The maximum absolute atomic E-state index is 5.23. The van der Waals surface area contributed by atoms with Gasteiger partial charge in [0.25, 0.3) is 5.95 Å². The Labute approximate surface area is 167 Å². The van der Waals surface area contributed by atoms with Gasteiger partial charge in [0.2, 0.25) is 11.9 Å². The van der Waals surface area contributed by atoms with Gasteiger partial charge in [0, 0.05) is 11.4 Å². The topological polar surface area (TPSA) is 106 Å². The van der Waals surface area contributed by atoms with Gasteiger partial charge in [-0.3, -0.25) is 0 Å². The molecule has 146 valence electrons. The van der Waals surface area contributed by atoms with Gasteiger partial charge >= 0.3 is 0 Å². The molecule has 0 bridgehead atoms. The molecule has 0 unspecified atom stereocenters. The Morgan fingerprint density at radius 2 is 1.79 bits per heavy atom. The third kappa shape index (κ3) is 4.46. The lowest BCUT2D eigenvalue weighted by molar-refractivity contribution is 0.560. The molecule has 0 amide bonds. The average Bonchev–Trinajstić information content (AvgIpc) is 3.33. The van der Waals surface area contributed by atoms with Crippen molar-refractivity contribution in [2.24, 2.45) is 5.10 Å². The third-order valence-electron chi connectivity index (χ3n) is 4.03. The SMILES string of the molecule is Cc1ccc(Nc2nc(NN=Cc3ccco3)nc(-n3nc(C)cc3C)n2)cc1. The van der Waals surface area contributed by atoms with Crippen LogP contribution in [0.15, 0.2) is 58.2 Å². The fourth-order valence-electron chi connectivity index (χ4n) is 2.68.